The summed E-state index contributed by atoms with van der Waals surface area (Å²) in [5.41, 5.74) is 4.90. The second kappa shape index (κ2) is 6.52. The normalized spacial score (nSPS) is 10.6. The maximum Gasteiger partial charge on any atom is 0.257 e. The van der Waals surface area contributed by atoms with Crippen LogP contribution in [0.15, 0.2) is 47.8 Å². The monoisotopic (exact) mass is 342 g/mol. The minimum Gasteiger partial charge on any atom is -0.298 e. The molecule has 0 aliphatic heterocycles. The molecule has 0 radical (unpaired) electrons. The van der Waals surface area contributed by atoms with Gasteiger partial charge in [-0.1, -0.05) is 35.4 Å². The molecule has 1 heterocycles. The van der Waals surface area contributed by atoms with Crippen molar-refractivity contribution >= 4 is 34.0 Å². The lowest BCUT2D eigenvalue weighted by molar-refractivity contribution is 0.102. The molecule has 0 bridgehead atoms. The molecule has 1 N–H and O–H groups in total. The van der Waals surface area contributed by atoms with Gasteiger partial charge in [0.15, 0.2) is 5.13 Å². The number of hydrogen-bond acceptors (Lipinski definition) is 3. The lowest BCUT2D eigenvalue weighted by Gasteiger charge is -2.04. The third kappa shape index (κ3) is 3.60. The van der Waals surface area contributed by atoms with Crippen molar-refractivity contribution in [1.29, 1.82) is 0 Å². The maximum atomic E-state index is 12.2. The molecule has 0 atom stereocenters. The van der Waals surface area contributed by atoms with Crippen LogP contribution >= 0.6 is 22.9 Å². The first-order valence-corrected chi connectivity index (χ1v) is 8.39. The molecule has 0 saturated carbocycles. The standard InChI is InChI=1S/C18H15ClN2OS/c1-11-3-8-15(12(2)9-11)16-10-23-18(20-16)21-17(22)13-4-6-14(19)7-5-13/h3-10H,1-2H3,(H,20,21,22). The summed E-state index contributed by atoms with van der Waals surface area (Å²) in [5.74, 6) is -0.191. The first-order chi connectivity index (χ1) is 11.0. The summed E-state index contributed by atoms with van der Waals surface area (Å²) in [7, 11) is 0. The second-order valence-electron chi connectivity index (χ2n) is 5.32. The average molecular weight is 343 g/mol. The van der Waals surface area contributed by atoms with Gasteiger partial charge in [-0.2, -0.15) is 0 Å². The summed E-state index contributed by atoms with van der Waals surface area (Å²) in [4.78, 5) is 16.7. The summed E-state index contributed by atoms with van der Waals surface area (Å²) in [6, 6.07) is 13.0. The molecule has 0 unspecified atom stereocenters. The van der Waals surface area contributed by atoms with Gasteiger partial charge in [0.1, 0.15) is 0 Å². The number of halogens is 1. The number of anilines is 1. The number of amides is 1. The van der Waals surface area contributed by atoms with E-state index in [9.17, 15) is 4.79 Å². The zero-order valence-electron chi connectivity index (χ0n) is 12.8. The highest BCUT2D eigenvalue weighted by molar-refractivity contribution is 7.14. The van der Waals surface area contributed by atoms with E-state index >= 15 is 0 Å². The van der Waals surface area contributed by atoms with Crippen molar-refractivity contribution < 1.29 is 4.79 Å². The number of nitrogens with one attached hydrogen (secondary N) is 1. The van der Waals surface area contributed by atoms with Gasteiger partial charge < -0.3 is 0 Å². The Morgan fingerprint density at radius 3 is 2.57 bits per heavy atom. The molecule has 3 nitrogen and oxygen atoms in total. The zero-order chi connectivity index (χ0) is 16.4. The molecular weight excluding hydrogens is 328 g/mol. The Kier molecular flexibility index (Phi) is 4.46. The predicted molar refractivity (Wildman–Crippen MR) is 96.4 cm³/mol. The van der Waals surface area contributed by atoms with Gasteiger partial charge >= 0.3 is 0 Å². The van der Waals surface area contributed by atoms with Crippen molar-refractivity contribution in [2.45, 2.75) is 13.8 Å². The van der Waals surface area contributed by atoms with Crippen LogP contribution in [0.1, 0.15) is 21.5 Å². The highest BCUT2D eigenvalue weighted by Crippen LogP contribution is 2.28. The summed E-state index contributed by atoms with van der Waals surface area (Å²) in [6.07, 6.45) is 0. The van der Waals surface area contributed by atoms with Gasteiger partial charge in [-0.05, 0) is 43.7 Å². The van der Waals surface area contributed by atoms with Crippen molar-refractivity contribution in [3.8, 4) is 11.3 Å². The number of benzene rings is 2. The Hall–Kier alpha value is -2.17. The molecular formula is C18H15ClN2OS. The van der Waals surface area contributed by atoms with Crippen LogP contribution in [0.4, 0.5) is 5.13 Å². The van der Waals surface area contributed by atoms with Crippen LogP contribution in [0.2, 0.25) is 5.02 Å². The Morgan fingerprint density at radius 2 is 1.87 bits per heavy atom. The van der Waals surface area contributed by atoms with Crippen LogP contribution < -0.4 is 5.32 Å². The van der Waals surface area contributed by atoms with Crippen molar-refractivity contribution in [3.63, 3.8) is 0 Å². The molecule has 5 heteroatoms. The van der Waals surface area contributed by atoms with Crippen LogP contribution in [0.25, 0.3) is 11.3 Å². The van der Waals surface area contributed by atoms with Gasteiger partial charge in [0.25, 0.3) is 5.91 Å². The van der Waals surface area contributed by atoms with Gasteiger partial charge in [-0.3, -0.25) is 10.1 Å². The minimum absolute atomic E-state index is 0.191. The van der Waals surface area contributed by atoms with E-state index in [0.717, 1.165) is 11.3 Å². The van der Waals surface area contributed by atoms with Gasteiger partial charge in [0.05, 0.1) is 5.69 Å². The predicted octanol–water partition coefficient (Wildman–Crippen LogP) is 5.33. The number of thiazole rings is 1. The molecule has 3 rings (SSSR count). The highest BCUT2D eigenvalue weighted by Gasteiger charge is 2.11. The van der Waals surface area contributed by atoms with Gasteiger partial charge in [-0.15, -0.1) is 11.3 Å². The first kappa shape index (κ1) is 15.7. The number of hydrogen-bond donors (Lipinski definition) is 1. The van der Waals surface area contributed by atoms with Crippen LogP contribution in [-0.2, 0) is 0 Å². The Bertz CT molecular complexity index is 856. The third-order valence-corrected chi connectivity index (χ3v) is 4.50. The van der Waals surface area contributed by atoms with Crippen molar-refractivity contribution in [1.82, 2.24) is 4.98 Å². The van der Waals surface area contributed by atoms with E-state index < -0.39 is 0 Å². The number of carbonyl (C=O) groups is 1. The number of rotatable bonds is 3. The van der Waals surface area contributed by atoms with Gasteiger partial charge in [0.2, 0.25) is 0 Å². The number of aryl methyl sites for hydroxylation is 2. The fraction of sp³-hybridized carbons (Fsp3) is 0.111. The molecule has 0 spiro atoms. The minimum atomic E-state index is -0.191. The molecule has 0 aliphatic carbocycles. The van der Waals surface area contributed by atoms with E-state index in [1.807, 2.05) is 5.38 Å². The Morgan fingerprint density at radius 1 is 1.13 bits per heavy atom. The van der Waals surface area contributed by atoms with Crippen LogP contribution in [0.3, 0.4) is 0 Å². The molecule has 23 heavy (non-hydrogen) atoms. The van der Waals surface area contributed by atoms with Crippen molar-refractivity contribution in [2.24, 2.45) is 0 Å². The number of aromatic nitrogens is 1. The smallest absolute Gasteiger partial charge is 0.257 e. The zero-order valence-corrected chi connectivity index (χ0v) is 14.3. The van der Waals surface area contributed by atoms with E-state index in [1.54, 1.807) is 24.3 Å². The van der Waals surface area contributed by atoms with Gasteiger partial charge in [-0.25, -0.2) is 4.98 Å². The summed E-state index contributed by atoms with van der Waals surface area (Å²) >= 11 is 7.25. The van der Waals surface area contributed by atoms with E-state index in [1.165, 1.54) is 22.5 Å². The summed E-state index contributed by atoms with van der Waals surface area (Å²) < 4.78 is 0. The molecule has 2 aromatic carbocycles. The molecule has 116 valence electrons. The van der Waals surface area contributed by atoms with Crippen LogP contribution in [0.5, 0.6) is 0 Å². The number of nitrogens with zero attached hydrogens (tertiary/aromatic N) is 1. The topological polar surface area (TPSA) is 42.0 Å². The van der Waals surface area contributed by atoms with Crippen molar-refractivity contribution in [3.05, 3.63) is 69.6 Å². The first-order valence-electron chi connectivity index (χ1n) is 7.13. The largest absolute Gasteiger partial charge is 0.298 e. The molecule has 0 saturated heterocycles. The Labute approximate surface area is 144 Å². The summed E-state index contributed by atoms with van der Waals surface area (Å²) in [5, 5.41) is 5.97. The fourth-order valence-corrected chi connectivity index (χ4v) is 3.16. The molecule has 1 amide bonds. The van der Waals surface area contributed by atoms with E-state index in [4.69, 9.17) is 11.6 Å². The quantitative estimate of drug-likeness (QED) is 0.698. The van der Waals surface area contributed by atoms with Crippen molar-refractivity contribution in [2.75, 3.05) is 5.32 Å². The van der Waals surface area contributed by atoms with Gasteiger partial charge in [0, 0.05) is 21.5 Å². The summed E-state index contributed by atoms with van der Waals surface area (Å²) in [6.45, 7) is 4.13. The molecule has 3 aromatic rings. The maximum absolute atomic E-state index is 12.2. The number of carbonyl (C=O) groups excluding carboxylic acids is 1. The molecule has 0 fully saturated rings. The van der Waals surface area contributed by atoms with Crippen LogP contribution in [-0.4, -0.2) is 10.9 Å². The van der Waals surface area contributed by atoms with E-state index in [-0.39, 0.29) is 5.91 Å². The lowest BCUT2D eigenvalue weighted by Crippen LogP contribution is -2.11. The fourth-order valence-electron chi connectivity index (χ4n) is 2.33. The second-order valence-corrected chi connectivity index (χ2v) is 6.61. The molecule has 1 aromatic heterocycles. The van der Waals surface area contributed by atoms with E-state index in [2.05, 4.69) is 42.3 Å². The SMILES string of the molecule is Cc1ccc(-c2csc(NC(=O)c3ccc(Cl)cc3)n2)c(C)c1. The average Bonchev–Trinajstić information content (AvgIpc) is 2.96. The third-order valence-electron chi connectivity index (χ3n) is 3.49. The van der Waals surface area contributed by atoms with Crippen LogP contribution in [0, 0.1) is 13.8 Å². The lowest BCUT2D eigenvalue weighted by atomic mass is 10.0. The highest BCUT2D eigenvalue weighted by atomic mass is 35.5. The van der Waals surface area contributed by atoms with E-state index in [0.29, 0.717) is 15.7 Å². The molecule has 0 aliphatic rings. The Balaban J connectivity index is 1.79.